The summed E-state index contributed by atoms with van der Waals surface area (Å²) in [6.45, 7) is 5.32. The van der Waals surface area contributed by atoms with E-state index in [0.717, 1.165) is 12.8 Å². The van der Waals surface area contributed by atoms with Gasteiger partial charge in [0.15, 0.2) is 0 Å². The van der Waals surface area contributed by atoms with Crippen LogP contribution in [0, 0.1) is 0 Å². The largest absolute Gasteiger partial charge is 0.481 e. The number of carboxylic acid groups (broad SMARTS) is 1. The quantitative estimate of drug-likeness (QED) is 0.773. The van der Waals surface area contributed by atoms with Gasteiger partial charge in [0.05, 0.1) is 19.1 Å². The van der Waals surface area contributed by atoms with E-state index in [0.29, 0.717) is 19.7 Å². The summed E-state index contributed by atoms with van der Waals surface area (Å²) in [4.78, 5) is 24.2. The summed E-state index contributed by atoms with van der Waals surface area (Å²) in [5.41, 5.74) is 0. The smallest absolute Gasteiger partial charge is 0.317 e. The van der Waals surface area contributed by atoms with Gasteiger partial charge in [0.1, 0.15) is 0 Å². The minimum absolute atomic E-state index is 0.0607. The van der Waals surface area contributed by atoms with E-state index in [1.165, 1.54) is 0 Å². The molecule has 1 saturated heterocycles. The Labute approximate surface area is 107 Å². The number of amides is 2. The molecule has 0 aromatic heterocycles. The predicted octanol–water partition coefficient (Wildman–Crippen LogP) is 1.06. The van der Waals surface area contributed by atoms with E-state index in [-0.39, 0.29) is 18.5 Å². The monoisotopic (exact) mass is 258 g/mol. The fourth-order valence-electron chi connectivity index (χ4n) is 1.98. The molecule has 0 aromatic carbocycles. The fraction of sp³-hybridized carbons (Fsp3) is 0.833. The first-order valence-electron chi connectivity index (χ1n) is 6.45. The average molecular weight is 258 g/mol. The van der Waals surface area contributed by atoms with Gasteiger partial charge in [-0.05, 0) is 12.8 Å². The van der Waals surface area contributed by atoms with E-state index in [4.69, 9.17) is 9.84 Å². The van der Waals surface area contributed by atoms with Crippen LogP contribution in [0.4, 0.5) is 4.79 Å². The first kappa shape index (κ1) is 14.8. The molecule has 1 aliphatic rings. The van der Waals surface area contributed by atoms with Crippen LogP contribution in [0.15, 0.2) is 0 Å². The SMILES string of the molecule is CCC(CC)NC(=O)N1CCOC(CC(=O)O)C1. The summed E-state index contributed by atoms with van der Waals surface area (Å²) in [5.74, 6) is -0.901. The van der Waals surface area contributed by atoms with Crippen molar-refractivity contribution < 1.29 is 19.4 Å². The van der Waals surface area contributed by atoms with Gasteiger partial charge in [-0.15, -0.1) is 0 Å². The van der Waals surface area contributed by atoms with E-state index in [1.807, 2.05) is 13.8 Å². The van der Waals surface area contributed by atoms with Crippen molar-refractivity contribution in [2.45, 2.75) is 45.3 Å². The third kappa shape index (κ3) is 4.52. The topological polar surface area (TPSA) is 78.9 Å². The molecule has 0 bridgehead atoms. The third-order valence-corrected chi connectivity index (χ3v) is 3.14. The van der Waals surface area contributed by atoms with Gasteiger partial charge in [-0.3, -0.25) is 4.79 Å². The third-order valence-electron chi connectivity index (χ3n) is 3.14. The van der Waals surface area contributed by atoms with E-state index in [9.17, 15) is 9.59 Å². The predicted molar refractivity (Wildman–Crippen MR) is 66.5 cm³/mol. The van der Waals surface area contributed by atoms with Gasteiger partial charge >= 0.3 is 12.0 Å². The summed E-state index contributed by atoms with van der Waals surface area (Å²) in [6, 6.07) is 0.0562. The molecule has 1 rings (SSSR count). The number of urea groups is 1. The fourth-order valence-corrected chi connectivity index (χ4v) is 1.98. The second kappa shape index (κ2) is 7.20. The average Bonchev–Trinajstić information content (AvgIpc) is 2.35. The molecule has 0 radical (unpaired) electrons. The van der Waals surface area contributed by atoms with Gasteiger partial charge in [-0.2, -0.15) is 0 Å². The number of nitrogens with one attached hydrogen (secondary N) is 1. The van der Waals surface area contributed by atoms with E-state index < -0.39 is 12.1 Å². The Morgan fingerprint density at radius 2 is 2.11 bits per heavy atom. The van der Waals surface area contributed by atoms with Crippen LogP contribution in [-0.2, 0) is 9.53 Å². The zero-order valence-electron chi connectivity index (χ0n) is 11.0. The number of morpholine rings is 1. The maximum absolute atomic E-state index is 12.0. The van der Waals surface area contributed by atoms with E-state index in [1.54, 1.807) is 4.90 Å². The summed E-state index contributed by atoms with van der Waals surface area (Å²) in [7, 11) is 0. The van der Waals surface area contributed by atoms with Crippen molar-refractivity contribution in [2.24, 2.45) is 0 Å². The zero-order chi connectivity index (χ0) is 13.5. The van der Waals surface area contributed by atoms with Crippen molar-refractivity contribution in [3.63, 3.8) is 0 Å². The molecule has 104 valence electrons. The number of nitrogens with zero attached hydrogens (tertiary/aromatic N) is 1. The van der Waals surface area contributed by atoms with Crippen molar-refractivity contribution >= 4 is 12.0 Å². The number of hydrogen-bond donors (Lipinski definition) is 2. The highest BCUT2D eigenvalue weighted by Gasteiger charge is 2.26. The van der Waals surface area contributed by atoms with E-state index in [2.05, 4.69) is 5.32 Å². The first-order chi connectivity index (χ1) is 8.56. The molecule has 18 heavy (non-hydrogen) atoms. The Morgan fingerprint density at radius 3 is 2.67 bits per heavy atom. The van der Waals surface area contributed by atoms with Crippen molar-refractivity contribution in [3.8, 4) is 0 Å². The molecule has 0 aliphatic carbocycles. The summed E-state index contributed by atoms with van der Waals surface area (Å²) in [5, 5.41) is 11.7. The lowest BCUT2D eigenvalue weighted by atomic mass is 10.2. The van der Waals surface area contributed by atoms with Crippen molar-refractivity contribution in [1.82, 2.24) is 10.2 Å². The second-order valence-electron chi connectivity index (χ2n) is 4.50. The minimum atomic E-state index is -0.901. The number of carboxylic acids is 1. The van der Waals surface area contributed by atoms with Crippen LogP contribution in [0.3, 0.4) is 0 Å². The number of hydrogen-bond acceptors (Lipinski definition) is 3. The maximum Gasteiger partial charge on any atom is 0.317 e. The molecule has 1 atom stereocenters. The molecule has 2 amide bonds. The van der Waals surface area contributed by atoms with Crippen LogP contribution in [0.2, 0.25) is 0 Å². The van der Waals surface area contributed by atoms with Gasteiger partial charge in [0.25, 0.3) is 0 Å². The van der Waals surface area contributed by atoms with Crippen molar-refractivity contribution in [2.75, 3.05) is 19.7 Å². The summed E-state index contributed by atoms with van der Waals surface area (Å²) >= 11 is 0. The molecular weight excluding hydrogens is 236 g/mol. The number of rotatable bonds is 5. The molecule has 1 heterocycles. The highest BCUT2D eigenvalue weighted by molar-refractivity contribution is 5.75. The molecule has 1 unspecified atom stereocenters. The maximum atomic E-state index is 12.0. The van der Waals surface area contributed by atoms with Crippen LogP contribution >= 0.6 is 0 Å². The number of ether oxygens (including phenoxy) is 1. The lowest BCUT2D eigenvalue weighted by molar-refractivity contribution is -0.141. The molecule has 2 N–H and O–H groups in total. The van der Waals surface area contributed by atoms with Gasteiger partial charge in [0.2, 0.25) is 0 Å². The summed E-state index contributed by atoms with van der Waals surface area (Å²) < 4.78 is 5.32. The number of aliphatic carboxylic acids is 1. The Bertz CT molecular complexity index is 292. The summed E-state index contributed by atoms with van der Waals surface area (Å²) in [6.07, 6.45) is 1.33. The standard InChI is InChI=1S/C12H22N2O4/c1-3-9(4-2)13-12(17)14-5-6-18-10(8-14)7-11(15)16/h9-10H,3-8H2,1-2H3,(H,13,17)(H,15,16). The normalized spacial score (nSPS) is 19.9. The Hall–Kier alpha value is -1.30. The van der Waals surface area contributed by atoms with Crippen molar-refractivity contribution in [3.05, 3.63) is 0 Å². The lowest BCUT2D eigenvalue weighted by Gasteiger charge is -2.33. The highest BCUT2D eigenvalue weighted by atomic mass is 16.5. The first-order valence-corrected chi connectivity index (χ1v) is 6.45. The molecule has 0 aromatic rings. The van der Waals surface area contributed by atoms with E-state index >= 15 is 0 Å². The number of carbonyl (C=O) groups is 2. The molecule has 6 heteroatoms. The Balaban J connectivity index is 2.45. The molecular formula is C12H22N2O4. The molecule has 1 aliphatic heterocycles. The Kier molecular flexibility index (Phi) is 5.91. The minimum Gasteiger partial charge on any atom is -0.481 e. The van der Waals surface area contributed by atoms with Crippen LogP contribution in [0.5, 0.6) is 0 Å². The lowest BCUT2D eigenvalue weighted by Crippen LogP contribution is -2.52. The Morgan fingerprint density at radius 1 is 1.44 bits per heavy atom. The van der Waals surface area contributed by atoms with Gasteiger partial charge in [-0.25, -0.2) is 4.79 Å². The van der Waals surface area contributed by atoms with Crippen LogP contribution in [-0.4, -0.2) is 53.8 Å². The second-order valence-corrected chi connectivity index (χ2v) is 4.50. The molecule has 0 spiro atoms. The van der Waals surface area contributed by atoms with Gasteiger partial charge in [0, 0.05) is 19.1 Å². The molecule has 6 nitrogen and oxygen atoms in total. The van der Waals surface area contributed by atoms with Crippen LogP contribution in [0.25, 0.3) is 0 Å². The highest BCUT2D eigenvalue weighted by Crippen LogP contribution is 2.09. The van der Waals surface area contributed by atoms with Crippen LogP contribution < -0.4 is 5.32 Å². The van der Waals surface area contributed by atoms with Crippen molar-refractivity contribution in [1.29, 1.82) is 0 Å². The zero-order valence-corrected chi connectivity index (χ0v) is 11.0. The van der Waals surface area contributed by atoms with Gasteiger partial charge < -0.3 is 20.1 Å². The molecule has 1 fully saturated rings. The molecule has 0 saturated carbocycles. The van der Waals surface area contributed by atoms with Gasteiger partial charge in [-0.1, -0.05) is 13.8 Å². The number of carbonyl (C=O) groups excluding carboxylic acids is 1. The van der Waals surface area contributed by atoms with Crippen LogP contribution in [0.1, 0.15) is 33.1 Å².